The summed E-state index contributed by atoms with van der Waals surface area (Å²) < 4.78 is 3.22. The Hall–Kier alpha value is -5.38. The average Bonchev–Trinajstić information content (AvgIpc) is 3.86. The van der Waals surface area contributed by atoms with Gasteiger partial charge >= 0.3 is 6.03 Å². The van der Waals surface area contributed by atoms with Crippen LogP contribution in [0.15, 0.2) is 79.4 Å². The van der Waals surface area contributed by atoms with Gasteiger partial charge in [-0.05, 0) is 30.9 Å². The van der Waals surface area contributed by atoms with Crippen molar-refractivity contribution >= 4 is 28.9 Å². The fourth-order valence-corrected chi connectivity index (χ4v) is 6.34. The molecular formula is C35H42N10O5. The highest BCUT2D eigenvalue weighted by molar-refractivity contribution is 5.94. The van der Waals surface area contributed by atoms with Crippen LogP contribution in [0.4, 0.5) is 10.6 Å². The Morgan fingerprint density at radius 3 is 2.26 bits per heavy atom. The fraction of sp³-hybridized carbons (Fsp3) is 0.371. The molecular weight excluding hydrogens is 640 g/mol. The number of fused-ring (bicyclic) bond motifs is 1. The molecule has 15 heteroatoms. The van der Waals surface area contributed by atoms with Crippen LogP contribution >= 0.6 is 0 Å². The molecule has 0 spiro atoms. The Balaban J connectivity index is 1.29. The highest BCUT2D eigenvalue weighted by Gasteiger charge is 2.44. The second kappa shape index (κ2) is 15.9. The molecule has 5 aromatic rings. The van der Waals surface area contributed by atoms with Crippen molar-refractivity contribution in [1.82, 2.24) is 45.2 Å². The van der Waals surface area contributed by atoms with E-state index in [2.05, 4.69) is 65.6 Å². The molecule has 262 valence electrons. The molecule has 1 aliphatic carbocycles. The summed E-state index contributed by atoms with van der Waals surface area (Å²) in [5.41, 5.74) is 3.50. The number of benzene rings is 2. The number of aromatic nitrogens is 6. The molecule has 15 nitrogen and oxygen atoms in total. The van der Waals surface area contributed by atoms with Crippen molar-refractivity contribution in [2.24, 2.45) is 0 Å². The normalized spacial score (nSPS) is 18.7. The zero-order chi connectivity index (χ0) is 35.0. The van der Waals surface area contributed by atoms with Crippen LogP contribution in [-0.4, -0.2) is 94.9 Å². The molecule has 7 N–H and O–H groups in total. The zero-order valence-corrected chi connectivity index (χ0v) is 27.7. The van der Waals surface area contributed by atoms with Crippen LogP contribution in [0.25, 0.3) is 11.2 Å². The van der Waals surface area contributed by atoms with Gasteiger partial charge in [-0.2, -0.15) is 5.10 Å². The minimum absolute atomic E-state index is 0.0513. The van der Waals surface area contributed by atoms with E-state index in [4.69, 9.17) is 0 Å². The van der Waals surface area contributed by atoms with Crippen LogP contribution in [0.5, 0.6) is 0 Å². The van der Waals surface area contributed by atoms with Gasteiger partial charge in [0, 0.05) is 43.9 Å². The molecule has 1 saturated carbocycles. The monoisotopic (exact) mass is 682 g/mol. The first-order valence-electron chi connectivity index (χ1n) is 16.8. The molecule has 0 aliphatic heterocycles. The summed E-state index contributed by atoms with van der Waals surface area (Å²) in [6, 6.07) is 18.7. The number of urea groups is 1. The Morgan fingerprint density at radius 1 is 0.920 bits per heavy atom. The molecule has 3 heterocycles. The van der Waals surface area contributed by atoms with Crippen LogP contribution in [0.3, 0.4) is 0 Å². The molecule has 1 fully saturated rings. The maximum Gasteiger partial charge on any atom is 0.314 e. The van der Waals surface area contributed by atoms with Crippen molar-refractivity contribution in [3.63, 3.8) is 0 Å². The smallest absolute Gasteiger partial charge is 0.314 e. The van der Waals surface area contributed by atoms with Crippen molar-refractivity contribution in [3.8, 4) is 0 Å². The number of aliphatic hydroxyl groups excluding tert-OH is 3. The van der Waals surface area contributed by atoms with Gasteiger partial charge in [-0.3, -0.25) is 9.48 Å². The summed E-state index contributed by atoms with van der Waals surface area (Å²) in [5.74, 6) is -0.317. The zero-order valence-electron chi connectivity index (χ0n) is 27.7. The van der Waals surface area contributed by atoms with E-state index in [1.807, 2.05) is 43.3 Å². The molecule has 0 bridgehead atoms. The standard InChI is InChI=1S/C35H42N10O5/c1-2-36-35(50)38-15-9-14-37-34(49)32-42-31(39-18-25(23-10-5-3-6-11-23)24-12-7-4-8-13-24)28-33(43-32)44(21-40-28)26-16-27(30(48)29(26)47)45-19-22(20-46)17-41-45/h3-8,10-13,17,19,21,25-27,29-30,46-48H,2,9,14-16,18,20H2,1H3,(H,37,49)(H2,36,38,50)(H,39,42,43)/t26-,27+,29+,30-/m1/s1. The van der Waals surface area contributed by atoms with Crippen molar-refractivity contribution in [1.29, 1.82) is 0 Å². The average molecular weight is 683 g/mol. The minimum Gasteiger partial charge on any atom is -0.392 e. The van der Waals surface area contributed by atoms with Crippen LogP contribution in [0.1, 0.15) is 65.1 Å². The number of rotatable bonds is 14. The molecule has 6 rings (SSSR count). The second-order valence-electron chi connectivity index (χ2n) is 12.2. The number of carbonyl (C=O) groups excluding carboxylic acids is 2. The maximum absolute atomic E-state index is 13.4. The van der Waals surface area contributed by atoms with E-state index < -0.39 is 30.2 Å². The van der Waals surface area contributed by atoms with Gasteiger partial charge in [0.1, 0.15) is 17.7 Å². The van der Waals surface area contributed by atoms with Gasteiger partial charge in [0.25, 0.3) is 5.91 Å². The first-order chi connectivity index (χ1) is 24.4. The topological polar surface area (TPSA) is 204 Å². The molecule has 3 aromatic heterocycles. The third-order valence-corrected chi connectivity index (χ3v) is 8.92. The number of anilines is 1. The number of hydrogen-bond acceptors (Lipinski definition) is 10. The number of carbonyl (C=O) groups is 2. The number of aliphatic hydroxyl groups is 3. The third-order valence-electron chi connectivity index (χ3n) is 8.92. The van der Waals surface area contributed by atoms with Crippen LogP contribution in [0, 0.1) is 0 Å². The lowest BCUT2D eigenvalue weighted by Gasteiger charge is -2.20. The number of nitrogens with one attached hydrogen (secondary N) is 4. The van der Waals surface area contributed by atoms with Crippen LogP contribution in [-0.2, 0) is 6.61 Å². The van der Waals surface area contributed by atoms with Crippen molar-refractivity contribution in [3.05, 3.63) is 102 Å². The van der Waals surface area contributed by atoms with Gasteiger partial charge in [0.05, 0.1) is 31.2 Å². The van der Waals surface area contributed by atoms with Gasteiger partial charge in [0.15, 0.2) is 11.5 Å². The van der Waals surface area contributed by atoms with Crippen molar-refractivity contribution in [2.45, 2.75) is 56.6 Å². The van der Waals surface area contributed by atoms with E-state index >= 15 is 0 Å². The largest absolute Gasteiger partial charge is 0.392 e. The molecule has 0 saturated heterocycles. The lowest BCUT2D eigenvalue weighted by atomic mass is 9.91. The van der Waals surface area contributed by atoms with Gasteiger partial charge in [-0.15, -0.1) is 0 Å². The number of amides is 3. The molecule has 0 radical (unpaired) electrons. The first-order valence-corrected chi connectivity index (χ1v) is 16.8. The van der Waals surface area contributed by atoms with E-state index in [0.29, 0.717) is 48.6 Å². The summed E-state index contributed by atoms with van der Waals surface area (Å²) >= 11 is 0. The van der Waals surface area contributed by atoms with Crippen molar-refractivity contribution < 1.29 is 24.9 Å². The lowest BCUT2D eigenvalue weighted by molar-refractivity contribution is 0.00720. The Morgan fingerprint density at radius 2 is 1.60 bits per heavy atom. The van der Waals surface area contributed by atoms with E-state index in [-0.39, 0.29) is 37.3 Å². The van der Waals surface area contributed by atoms with Crippen molar-refractivity contribution in [2.75, 3.05) is 31.5 Å². The molecule has 3 amide bonds. The SMILES string of the molecule is CCNC(=O)NCCCNC(=O)c1nc(NCC(c2ccccc2)c2ccccc2)c2ncn([C@@H]3C[C@H](n4cc(CO)cn4)[C@@H](O)[C@H]3O)c2n1. The summed E-state index contributed by atoms with van der Waals surface area (Å²) in [7, 11) is 0. The quantitative estimate of drug-likeness (QED) is 0.0850. The Bertz CT molecular complexity index is 1840. The van der Waals surface area contributed by atoms with Gasteiger partial charge < -0.3 is 41.2 Å². The van der Waals surface area contributed by atoms with Gasteiger partial charge in [0.2, 0.25) is 5.82 Å². The Labute approximate surface area is 288 Å². The molecule has 1 aliphatic rings. The van der Waals surface area contributed by atoms with Crippen LogP contribution < -0.4 is 21.3 Å². The molecule has 4 atom stereocenters. The third kappa shape index (κ3) is 7.59. The number of imidazole rings is 1. The highest BCUT2D eigenvalue weighted by atomic mass is 16.3. The lowest BCUT2D eigenvalue weighted by Crippen LogP contribution is -2.37. The number of nitrogens with zero attached hydrogens (tertiary/aromatic N) is 6. The van der Waals surface area contributed by atoms with E-state index in [1.54, 1.807) is 15.4 Å². The maximum atomic E-state index is 13.4. The Kier molecular flexibility index (Phi) is 11.0. The minimum atomic E-state index is -1.19. The van der Waals surface area contributed by atoms with E-state index in [1.165, 1.54) is 12.5 Å². The molecule has 0 unspecified atom stereocenters. The van der Waals surface area contributed by atoms with Crippen LogP contribution in [0.2, 0.25) is 0 Å². The predicted octanol–water partition coefficient (Wildman–Crippen LogP) is 2.11. The van der Waals surface area contributed by atoms with Gasteiger partial charge in [-0.1, -0.05) is 60.7 Å². The molecule has 50 heavy (non-hydrogen) atoms. The number of hydrogen-bond donors (Lipinski definition) is 7. The summed E-state index contributed by atoms with van der Waals surface area (Å²) in [6.45, 7) is 3.21. The van der Waals surface area contributed by atoms with E-state index in [0.717, 1.165) is 11.1 Å². The second-order valence-corrected chi connectivity index (χ2v) is 12.2. The van der Waals surface area contributed by atoms with E-state index in [9.17, 15) is 24.9 Å². The highest BCUT2D eigenvalue weighted by Crippen LogP contribution is 2.40. The molecule has 2 aromatic carbocycles. The summed E-state index contributed by atoms with van der Waals surface area (Å²) in [6.07, 6.45) is 3.13. The fourth-order valence-electron chi connectivity index (χ4n) is 6.34. The summed E-state index contributed by atoms with van der Waals surface area (Å²) in [4.78, 5) is 39.0. The van der Waals surface area contributed by atoms with Gasteiger partial charge in [-0.25, -0.2) is 19.7 Å². The first kappa shape index (κ1) is 34.5. The summed E-state index contributed by atoms with van der Waals surface area (Å²) in [5, 5.41) is 47.7. The predicted molar refractivity (Wildman–Crippen MR) is 185 cm³/mol.